The molecule has 0 heterocycles. The van der Waals surface area contributed by atoms with Crippen molar-refractivity contribution in [2.24, 2.45) is 0 Å². The van der Waals surface area contributed by atoms with Crippen LogP contribution < -0.4 is 4.89 Å². The Hall–Kier alpha value is -0.590. The van der Waals surface area contributed by atoms with Crippen molar-refractivity contribution in [1.82, 2.24) is 0 Å². The first-order chi connectivity index (χ1) is 11.4. The maximum atomic E-state index is 12.8. The van der Waals surface area contributed by atoms with Gasteiger partial charge in [-0.1, -0.05) is 39.5 Å². The van der Waals surface area contributed by atoms with Gasteiger partial charge < -0.3 is 14.3 Å². The van der Waals surface area contributed by atoms with Crippen molar-refractivity contribution in [3.05, 3.63) is 0 Å². The molecule has 0 amide bonds. The molecule has 1 N–H and O–H groups in total. The van der Waals surface area contributed by atoms with Crippen LogP contribution in [0.4, 0.5) is 0 Å². The molecule has 8 heteroatoms. The fourth-order valence-corrected chi connectivity index (χ4v) is 3.46. The van der Waals surface area contributed by atoms with Crippen LogP contribution in [0.5, 0.6) is 0 Å². The quantitative estimate of drug-likeness (QED) is 0.215. The van der Waals surface area contributed by atoms with Gasteiger partial charge in [-0.2, -0.15) is 0 Å². The third kappa shape index (κ3) is 9.61. The van der Waals surface area contributed by atoms with Gasteiger partial charge in [0.25, 0.3) is 7.82 Å². The van der Waals surface area contributed by atoms with Crippen LogP contribution >= 0.6 is 7.82 Å². The minimum absolute atomic E-state index is 0.0490. The van der Waals surface area contributed by atoms with Gasteiger partial charge in [0.1, 0.15) is 6.54 Å². The summed E-state index contributed by atoms with van der Waals surface area (Å²) < 4.78 is 16.4. The Balaban J connectivity index is 5.73. The van der Waals surface area contributed by atoms with E-state index < -0.39 is 25.0 Å². The highest BCUT2D eigenvalue weighted by molar-refractivity contribution is 7.44. The molecule has 0 rings (SSSR count). The minimum Gasteiger partial charge on any atom is -0.756 e. The lowest BCUT2D eigenvalue weighted by atomic mass is 9.86. The molecule has 1 unspecified atom stereocenters. The monoisotopic (exact) mass is 379 g/mol. The number of phosphoric ester groups is 1. The summed E-state index contributed by atoms with van der Waals surface area (Å²) in [7, 11) is -0.0410. The lowest BCUT2D eigenvalue weighted by Gasteiger charge is -2.39. The Labute approximate surface area is 151 Å². The summed E-state index contributed by atoms with van der Waals surface area (Å²) in [6, 6.07) is 0. The molecule has 0 saturated carbocycles. The molecule has 0 aromatic rings. The van der Waals surface area contributed by atoms with Crippen molar-refractivity contribution in [2.45, 2.75) is 70.8 Å². The second kappa shape index (κ2) is 10.5. The van der Waals surface area contributed by atoms with Gasteiger partial charge in [-0.25, -0.2) is 0 Å². The molecule has 25 heavy (non-hydrogen) atoms. The van der Waals surface area contributed by atoms with E-state index in [0.29, 0.717) is 12.8 Å². The van der Waals surface area contributed by atoms with Gasteiger partial charge in [-0.3, -0.25) is 18.7 Å². The highest BCUT2D eigenvalue weighted by Gasteiger charge is 2.51. The molecule has 7 nitrogen and oxygen atoms in total. The van der Waals surface area contributed by atoms with Crippen molar-refractivity contribution >= 4 is 19.4 Å². The Morgan fingerprint density at radius 2 is 1.40 bits per heavy atom. The Kier molecular flexibility index (Phi) is 10.3. The second-order valence-electron chi connectivity index (χ2n) is 7.60. The van der Waals surface area contributed by atoms with Gasteiger partial charge in [0.15, 0.2) is 11.6 Å². The fourth-order valence-electron chi connectivity index (χ4n) is 2.80. The third-order valence-corrected chi connectivity index (χ3v) is 4.43. The average molecular weight is 379 g/mol. The van der Waals surface area contributed by atoms with Crippen LogP contribution in [-0.4, -0.2) is 54.2 Å². The van der Waals surface area contributed by atoms with E-state index in [1.807, 2.05) is 13.8 Å². The van der Waals surface area contributed by atoms with Crippen LogP contribution in [-0.2, 0) is 18.7 Å². The first-order valence-corrected chi connectivity index (χ1v) is 10.5. The zero-order valence-corrected chi connectivity index (χ0v) is 17.1. The molecule has 1 atom stereocenters. The predicted molar refractivity (Wildman–Crippen MR) is 94.8 cm³/mol. The van der Waals surface area contributed by atoms with Gasteiger partial charge in [-0.15, -0.1) is 0 Å². The summed E-state index contributed by atoms with van der Waals surface area (Å²) in [6.45, 7) is 3.82. The maximum absolute atomic E-state index is 12.8. The number of Topliss-reactive ketones (excluding diaryl/α,β-unsaturated/α-hetero) is 2. The van der Waals surface area contributed by atoms with Gasteiger partial charge >= 0.3 is 0 Å². The molecule has 0 aliphatic rings. The largest absolute Gasteiger partial charge is 0.756 e. The van der Waals surface area contributed by atoms with Crippen molar-refractivity contribution < 1.29 is 32.9 Å². The zero-order valence-electron chi connectivity index (χ0n) is 16.2. The van der Waals surface area contributed by atoms with Crippen LogP contribution in [0.15, 0.2) is 0 Å². The van der Waals surface area contributed by atoms with Crippen LogP contribution in [0.25, 0.3) is 0 Å². The Bertz CT molecular complexity index is 458. The van der Waals surface area contributed by atoms with E-state index >= 15 is 0 Å². The van der Waals surface area contributed by atoms with E-state index in [1.54, 1.807) is 21.1 Å². The van der Waals surface area contributed by atoms with E-state index in [4.69, 9.17) is 4.52 Å². The molecular weight excluding hydrogens is 345 g/mol. The summed E-state index contributed by atoms with van der Waals surface area (Å²) in [5, 5.41) is 0. The summed E-state index contributed by atoms with van der Waals surface area (Å²) >= 11 is 0. The smallest absolute Gasteiger partial charge is 0.266 e. The summed E-state index contributed by atoms with van der Waals surface area (Å²) in [4.78, 5) is 46.4. The van der Waals surface area contributed by atoms with E-state index in [1.165, 1.54) is 0 Å². The number of hydrogen-bond acceptors (Lipinski definition) is 5. The van der Waals surface area contributed by atoms with E-state index in [9.17, 15) is 23.9 Å². The number of phosphoric acid groups is 1. The van der Waals surface area contributed by atoms with Gasteiger partial charge in [0.05, 0.1) is 21.1 Å². The number of likely N-dealkylation sites (N-methyl/N-ethyl adjacent to an activating group) is 1. The number of quaternary nitrogens is 1. The summed E-state index contributed by atoms with van der Waals surface area (Å²) in [5.74, 6) is -1.14. The van der Waals surface area contributed by atoms with Gasteiger partial charge in [0, 0.05) is 12.8 Å². The lowest BCUT2D eigenvalue weighted by molar-refractivity contribution is -0.874. The minimum atomic E-state index is -5.26. The fraction of sp³-hybridized carbons (Fsp3) is 0.882. The zero-order chi connectivity index (χ0) is 19.7. The molecule has 0 aromatic heterocycles. The highest BCUT2D eigenvalue weighted by Crippen LogP contribution is 2.40. The number of carbonyl (C=O) groups is 2. The molecule has 0 radical (unpaired) electrons. The number of hydrogen-bond donors (Lipinski definition) is 1. The topological polar surface area (TPSA) is 104 Å². The molecule has 0 spiro atoms. The molecule has 0 fully saturated rings. The number of nitrogens with zero attached hydrogens (tertiary/aromatic N) is 1. The van der Waals surface area contributed by atoms with Crippen LogP contribution in [0.1, 0.15) is 65.2 Å². The lowest BCUT2D eigenvalue weighted by Crippen LogP contribution is -2.60. The third-order valence-electron chi connectivity index (χ3n) is 3.88. The van der Waals surface area contributed by atoms with Gasteiger partial charge in [-0.05, 0) is 12.8 Å². The van der Waals surface area contributed by atoms with Gasteiger partial charge in [0.2, 0.25) is 5.60 Å². The maximum Gasteiger partial charge on any atom is 0.266 e. The Morgan fingerprint density at radius 1 is 1.00 bits per heavy atom. The summed E-state index contributed by atoms with van der Waals surface area (Å²) in [6.07, 6.45) is 4.57. The van der Waals surface area contributed by atoms with Crippen molar-refractivity contribution in [3.63, 3.8) is 0 Å². The molecule has 0 aliphatic carbocycles. The van der Waals surface area contributed by atoms with Crippen LogP contribution in [0, 0.1) is 0 Å². The normalized spacial score (nSPS) is 15.0. The average Bonchev–Trinajstić information content (AvgIpc) is 2.43. The van der Waals surface area contributed by atoms with Crippen molar-refractivity contribution in [2.75, 3.05) is 27.7 Å². The van der Waals surface area contributed by atoms with E-state index in [2.05, 4.69) is 0 Å². The number of ketones is 2. The molecule has 0 aliphatic heterocycles. The van der Waals surface area contributed by atoms with E-state index in [0.717, 1.165) is 25.7 Å². The van der Waals surface area contributed by atoms with Crippen molar-refractivity contribution in [3.8, 4) is 0 Å². The first-order valence-electron chi connectivity index (χ1n) is 8.99. The van der Waals surface area contributed by atoms with E-state index in [-0.39, 0.29) is 23.9 Å². The predicted octanol–water partition coefficient (Wildman–Crippen LogP) is 2.21. The van der Waals surface area contributed by atoms with Crippen LogP contribution in [0.3, 0.4) is 0 Å². The first kappa shape index (κ1) is 24.4. The molecule has 148 valence electrons. The Morgan fingerprint density at radius 3 is 1.68 bits per heavy atom. The molecule has 0 bridgehead atoms. The number of rotatable bonds is 14. The number of carbonyl (C=O) groups excluding carboxylic acids is 2. The summed E-state index contributed by atoms with van der Waals surface area (Å²) in [5.41, 5.74) is -2.15. The molecule has 0 aromatic carbocycles. The van der Waals surface area contributed by atoms with Crippen LogP contribution in [0.2, 0.25) is 0 Å². The standard InChI is InChI=1S/C17H34NO6P/c1-6-8-10-12-15(19)17(14-18(3,4)5,24-25(21,22)23)16(20)13-11-9-7-2/h6-14H2,1-5H3,(H-,21,22,23). The van der Waals surface area contributed by atoms with Crippen molar-refractivity contribution in [1.29, 1.82) is 0 Å². The molecule has 0 saturated heterocycles. The second-order valence-corrected chi connectivity index (χ2v) is 8.72. The highest BCUT2D eigenvalue weighted by atomic mass is 31.2. The molecular formula is C17H34NO6P. The SMILES string of the molecule is CCCCCC(=O)C(C[N+](C)(C)C)(OP(=O)([O-])O)C(=O)CCCCC. The number of unbranched alkanes of at least 4 members (excludes halogenated alkanes) is 4.